The number of hydrogen-bond acceptors (Lipinski definition) is 2. The van der Waals surface area contributed by atoms with Gasteiger partial charge in [0.15, 0.2) is 0 Å². The molecule has 0 spiro atoms. The van der Waals surface area contributed by atoms with Crippen LogP contribution in [0.1, 0.15) is 11.1 Å². The van der Waals surface area contributed by atoms with Crippen LogP contribution in [0.25, 0.3) is 0 Å². The van der Waals surface area contributed by atoms with E-state index in [0.717, 1.165) is 11.3 Å². The molecule has 82 valence electrons. The number of rotatable bonds is 3. The van der Waals surface area contributed by atoms with E-state index in [1.165, 1.54) is 5.56 Å². The van der Waals surface area contributed by atoms with Gasteiger partial charge in [-0.3, -0.25) is 0 Å². The topological polar surface area (TPSA) is 22.1 Å². The first-order valence-corrected chi connectivity index (χ1v) is 5.42. The first-order valence-electron chi connectivity index (χ1n) is 5.04. The van der Waals surface area contributed by atoms with Gasteiger partial charge in [-0.1, -0.05) is 35.4 Å². The largest absolute Gasteiger partial charge is 0.489 e. The Morgan fingerprint density at radius 3 is 2.62 bits per heavy atom. The Balaban J connectivity index is 2.02. The first kappa shape index (κ1) is 11.0. The maximum Gasteiger partial charge on any atom is 0.135 e. The van der Waals surface area contributed by atoms with Crippen LogP contribution in [-0.4, -0.2) is 4.98 Å². The number of nitrogens with zero attached hydrogens (tertiary/aromatic N) is 1. The summed E-state index contributed by atoms with van der Waals surface area (Å²) in [5.74, 6) is 0.838. The molecule has 0 amide bonds. The zero-order valence-electron chi connectivity index (χ0n) is 8.98. The lowest BCUT2D eigenvalue weighted by Crippen LogP contribution is -1.97. The molecule has 0 atom stereocenters. The lowest BCUT2D eigenvalue weighted by molar-refractivity contribution is 0.306. The molecule has 0 N–H and O–H groups in total. The molecule has 0 fully saturated rings. The maximum atomic E-state index is 5.92. The highest BCUT2D eigenvalue weighted by atomic mass is 35.5. The monoisotopic (exact) mass is 233 g/mol. The average Bonchev–Trinajstić information content (AvgIpc) is 2.30. The predicted octanol–water partition coefficient (Wildman–Crippen LogP) is 3.62. The van der Waals surface area contributed by atoms with Crippen molar-refractivity contribution in [2.24, 2.45) is 0 Å². The molecule has 0 radical (unpaired) electrons. The maximum absolute atomic E-state index is 5.92. The minimum atomic E-state index is 0.440. The number of halogens is 1. The fourth-order valence-corrected chi connectivity index (χ4v) is 1.50. The molecule has 0 unspecified atom stereocenters. The Kier molecular flexibility index (Phi) is 3.42. The second-order valence-corrected chi connectivity index (χ2v) is 3.91. The molecule has 0 aliphatic heterocycles. The van der Waals surface area contributed by atoms with Crippen LogP contribution in [0, 0.1) is 6.92 Å². The Bertz CT molecular complexity index is 468. The van der Waals surface area contributed by atoms with Crippen LogP contribution in [0.4, 0.5) is 0 Å². The number of hydrogen-bond donors (Lipinski definition) is 0. The lowest BCUT2D eigenvalue weighted by atomic mass is 10.2. The Labute approximate surface area is 99.9 Å². The molecule has 0 saturated heterocycles. The third-order valence-corrected chi connectivity index (χ3v) is 2.59. The highest BCUT2D eigenvalue weighted by molar-refractivity contribution is 6.30. The quantitative estimate of drug-likeness (QED) is 0.756. The molecule has 2 rings (SSSR count). The van der Waals surface area contributed by atoms with Crippen molar-refractivity contribution < 1.29 is 4.74 Å². The SMILES string of the molecule is Cc1ccc(OCc2cccnc2Cl)cc1. The Morgan fingerprint density at radius 1 is 1.19 bits per heavy atom. The molecule has 1 heterocycles. The molecule has 1 aromatic carbocycles. The Morgan fingerprint density at radius 2 is 1.94 bits per heavy atom. The number of aromatic nitrogens is 1. The summed E-state index contributed by atoms with van der Waals surface area (Å²) >= 11 is 5.92. The van der Waals surface area contributed by atoms with Gasteiger partial charge < -0.3 is 4.74 Å². The molecule has 0 aliphatic carbocycles. The van der Waals surface area contributed by atoms with Gasteiger partial charge in [0.1, 0.15) is 17.5 Å². The zero-order valence-corrected chi connectivity index (χ0v) is 9.74. The van der Waals surface area contributed by atoms with Crippen molar-refractivity contribution in [2.75, 3.05) is 0 Å². The van der Waals surface area contributed by atoms with Crippen molar-refractivity contribution in [3.63, 3.8) is 0 Å². The summed E-state index contributed by atoms with van der Waals surface area (Å²) in [7, 11) is 0. The highest BCUT2D eigenvalue weighted by Crippen LogP contribution is 2.16. The standard InChI is InChI=1S/C13H12ClNO/c1-10-4-6-12(7-5-10)16-9-11-3-2-8-15-13(11)14/h2-8H,9H2,1H3. The van der Waals surface area contributed by atoms with Gasteiger partial charge >= 0.3 is 0 Å². The van der Waals surface area contributed by atoms with E-state index in [9.17, 15) is 0 Å². The summed E-state index contributed by atoms with van der Waals surface area (Å²) in [5.41, 5.74) is 2.11. The molecule has 16 heavy (non-hydrogen) atoms. The number of aryl methyl sites for hydroxylation is 1. The highest BCUT2D eigenvalue weighted by Gasteiger charge is 2.01. The fourth-order valence-electron chi connectivity index (χ4n) is 1.32. The van der Waals surface area contributed by atoms with Gasteiger partial charge in [-0.05, 0) is 25.1 Å². The van der Waals surface area contributed by atoms with Crippen molar-refractivity contribution in [1.82, 2.24) is 4.98 Å². The molecular weight excluding hydrogens is 222 g/mol. The summed E-state index contributed by atoms with van der Waals surface area (Å²) in [6, 6.07) is 11.7. The lowest BCUT2D eigenvalue weighted by Gasteiger charge is -2.07. The van der Waals surface area contributed by atoms with Gasteiger partial charge in [0, 0.05) is 11.8 Å². The second kappa shape index (κ2) is 4.99. The van der Waals surface area contributed by atoms with Crippen molar-refractivity contribution in [2.45, 2.75) is 13.5 Å². The molecular formula is C13H12ClNO. The van der Waals surface area contributed by atoms with E-state index in [0.29, 0.717) is 11.8 Å². The van der Waals surface area contributed by atoms with E-state index in [1.807, 2.05) is 43.3 Å². The molecule has 0 bridgehead atoms. The third-order valence-electron chi connectivity index (χ3n) is 2.25. The van der Waals surface area contributed by atoms with E-state index in [4.69, 9.17) is 16.3 Å². The number of ether oxygens (including phenoxy) is 1. The zero-order chi connectivity index (χ0) is 11.4. The van der Waals surface area contributed by atoms with Crippen LogP contribution in [0.3, 0.4) is 0 Å². The smallest absolute Gasteiger partial charge is 0.135 e. The van der Waals surface area contributed by atoms with Crippen molar-refractivity contribution in [3.8, 4) is 5.75 Å². The van der Waals surface area contributed by atoms with Gasteiger partial charge in [-0.2, -0.15) is 0 Å². The van der Waals surface area contributed by atoms with Crippen LogP contribution in [-0.2, 0) is 6.61 Å². The van der Waals surface area contributed by atoms with E-state index in [2.05, 4.69) is 4.98 Å². The van der Waals surface area contributed by atoms with Gasteiger partial charge in [0.05, 0.1) is 0 Å². The second-order valence-electron chi connectivity index (χ2n) is 3.56. The summed E-state index contributed by atoms with van der Waals surface area (Å²) in [5, 5.41) is 0.495. The summed E-state index contributed by atoms with van der Waals surface area (Å²) in [4.78, 5) is 3.99. The van der Waals surface area contributed by atoms with Crippen LogP contribution in [0.5, 0.6) is 5.75 Å². The van der Waals surface area contributed by atoms with Crippen molar-refractivity contribution in [1.29, 1.82) is 0 Å². The minimum absolute atomic E-state index is 0.440. The predicted molar refractivity (Wildman–Crippen MR) is 64.8 cm³/mol. The van der Waals surface area contributed by atoms with Crippen molar-refractivity contribution in [3.05, 3.63) is 58.9 Å². The van der Waals surface area contributed by atoms with Crippen molar-refractivity contribution >= 4 is 11.6 Å². The molecule has 0 aliphatic rings. The first-order chi connectivity index (χ1) is 7.75. The summed E-state index contributed by atoms with van der Waals surface area (Å²) in [6.45, 7) is 2.48. The van der Waals surface area contributed by atoms with E-state index in [-0.39, 0.29) is 0 Å². The summed E-state index contributed by atoms with van der Waals surface area (Å²) < 4.78 is 5.60. The van der Waals surface area contributed by atoms with Crippen LogP contribution in [0.2, 0.25) is 5.15 Å². The van der Waals surface area contributed by atoms with Crippen LogP contribution in [0.15, 0.2) is 42.6 Å². The van der Waals surface area contributed by atoms with Gasteiger partial charge in [-0.15, -0.1) is 0 Å². The molecule has 3 heteroatoms. The number of pyridine rings is 1. The van der Waals surface area contributed by atoms with E-state index < -0.39 is 0 Å². The number of benzene rings is 1. The molecule has 2 nitrogen and oxygen atoms in total. The minimum Gasteiger partial charge on any atom is -0.489 e. The normalized spacial score (nSPS) is 10.1. The molecule has 1 aromatic heterocycles. The van der Waals surface area contributed by atoms with Crippen LogP contribution < -0.4 is 4.74 Å². The van der Waals surface area contributed by atoms with Gasteiger partial charge in [-0.25, -0.2) is 4.98 Å². The Hall–Kier alpha value is -1.54. The van der Waals surface area contributed by atoms with Gasteiger partial charge in [0.25, 0.3) is 0 Å². The van der Waals surface area contributed by atoms with E-state index >= 15 is 0 Å². The van der Waals surface area contributed by atoms with Gasteiger partial charge in [0.2, 0.25) is 0 Å². The van der Waals surface area contributed by atoms with E-state index in [1.54, 1.807) is 6.20 Å². The fraction of sp³-hybridized carbons (Fsp3) is 0.154. The average molecular weight is 234 g/mol. The molecule has 0 saturated carbocycles. The summed E-state index contributed by atoms with van der Waals surface area (Å²) in [6.07, 6.45) is 1.66. The van der Waals surface area contributed by atoms with Crippen LogP contribution >= 0.6 is 11.6 Å². The molecule has 2 aromatic rings. The third kappa shape index (κ3) is 2.74.